The number of carbonyl (C=O) groups excluding carboxylic acids is 1. The van der Waals surface area contributed by atoms with E-state index in [2.05, 4.69) is 13.8 Å². The molecule has 1 heterocycles. The largest absolute Gasteiger partial charge is 0.342 e. The van der Waals surface area contributed by atoms with Crippen molar-refractivity contribution in [3.05, 3.63) is 0 Å². The second-order valence-electron chi connectivity index (χ2n) is 5.21. The fourth-order valence-electron chi connectivity index (χ4n) is 2.30. The van der Waals surface area contributed by atoms with Crippen LogP contribution < -0.4 is 5.73 Å². The first-order valence-corrected chi connectivity index (χ1v) is 6.03. The van der Waals surface area contributed by atoms with Gasteiger partial charge in [0.1, 0.15) is 0 Å². The zero-order valence-corrected chi connectivity index (χ0v) is 11.4. The molecule has 2 unspecified atom stereocenters. The first-order chi connectivity index (χ1) is 7.04. The van der Waals surface area contributed by atoms with Gasteiger partial charge < -0.3 is 10.6 Å². The summed E-state index contributed by atoms with van der Waals surface area (Å²) in [5.74, 6) is 1.67. The number of nitrogens with two attached hydrogens (primary N) is 1. The van der Waals surface area contributed by atoms with Crippen molar-refractivity contribution < 1.29 is 4.79 Å². The van der Waals surface area contributed by atoms with Gasteiger partial charge in [0.05, 0.1) is 0 Å². The molecule has 0 bridgehead atoms. The number of amides is 1. The van der Waals surface area contributed by atoms with Gasteiger partial charge in [-0.3, -0.25) is 4.79 Å². The first kappa shape index (κ1) is 15.7. The van der Waals surface area contributed by atoms with Gasteiger partial charge in [-0.05, 0) is 24.7 Å². The molecule has 1 amide bonds. The van der Waals surface area contributed by atoms with Crippen LogP contribution in [0, 0.1) is 17.8 Å². The fraction of sp³-hybridized carbons (Fsp3) is 0.917. The van der Waals surface area contributed by atoms with Crippen molar-refractivity contribution in [3.8, 4) is 0 Å². The normalized spacial score (nSPS) is 22.1. The third-order valence-electron chi connectivity index (χ3n) is 3.18. The molecule has 0 aliphatic carbocycles. The lowest BCUT2D eigenvalue weighted by Crippen LogP contribution is -2.36. The number of likely N-dealkylation sites (tertiary alicyclic amines) is 1. The highest BCUT2D eigenvalue weighted by molar-refractivity contribution is 5.85. The van der Waals surface area contributed by atoms with Crippen LogP contribution in [0.3, 0.4) is 0 Å². The Balaban J connectivity index is 0.00000225. The molecule has 2 N–H and O–H groups in total. The molecule has 0 aromatic heterocycles. The summed E-state index contributed by atoms with van der Waals surface area (Å²) in [7, 11) is 0. The summed E-state index contributed by atoms with van der Waals surface area (Å²) in [5, 5.41) is 0. The standard InChI is InChI=1S/C12H24N2O.ClH/c1-9(2)6-11-4-5-14(8-11)12(15)10(3)7-13;/h9-11H,4-8,13H2,1-3H3;1H. The predicted molar refractivity (Wildman–Crippen MR) is 69.6 cm³/mol. The van der Waals surface area contributed by atoms with Gasteiger partial charge >= 0.3 is 0 Å². The van der Waals surface area contributed by atoms with Crippen molar-refractivity contribution in [1.82, 2.24) is 4.90 Å². The molecule has 0 radical (unpaired) electrons. The lowest BCUT2D eigenvalue weighted by molar-refractivity contribution is -0.133. The number of carbonyl (C=O) groups is 1. The summed E-state index contributed by atoms with van der Waals surface area (Å²) in [4.78, 5) is 13.8. The third kappa shape index (κ3) is 4.30. The summed E-state index contributed by atoms with van der Waals surface area (Å²) in [6.07, 6.45) is 2.40. The van der Waals surface area contributed by atoms with Crippen LogP contribution in [0.2, 0.25) is 0 Å². The molecular formula is C12H25ClN2O. The zero-order chi connectivity index (χ0) is 11.4. The Labute approximate surface area is 105 Å². The molecule has 16 heavy (non-hydrogen) atoms. The number of rotatable bonds is 4. The van der Waals surface area contributed by atoms with Gasteiger partial charge in [0.2, 0.25) is 5.91 Å². The Kier molecular flexibility index (Phi) is 7.00. The Morgan fingerprint density at radius 1 is 1.44 bits per heavy atom. The van der Waals surface area contributed by atoms with Crippen LogP contribution in [0.25, 0.3) is 0 Å². The van der Waals surface area contributed by atoms with E-state index >= 15 is 0 Å². The van der Waals surface area contributed by atoms with Crippen molar-refractivity contribution in [2.75, 3.05) is 19.6 Å². The number of halogens is 1. The van der Waals surface area contributed by atoms with Crippen LogP contribution in [-0.2, 0) is 4.79 Å². The van der Waals surface area contributed by atoms with Crippen molar-refractivity contribution in [1.29, 1.82) is 0 Å². The minimum atomic E-state index is -0.0113. The molecule has 96 valence electrons. The van der Waals surface area contributed by atoms with Crippen molar-refractivity contribution >= 4 is 18.3 Å². The molecule has 4 heteroatoms. The van der Waals surface area contributed by atoms with Crippen LogP contribution in [0.4, 0.5) is 0 Å². The molecule has 1 rings (SSSR count). The average molecular weight is 249 g/mol. The van der Waals surface area contributed by atoms with E-state index in [4.69, 9.17) is 5.73 Å². The summed E-state index contributed by atoms with van der Waals surface area (Å²) >= 11 is 0. The van der Waals surface area contributed by atoms with E-state index in [0.717, 1.165) is 19.0 Å². The van der Waals surface area contributed by atoms with Gasteiger partial charge in [0.25, 0.3) is 0 Å². The van der Waals surface area contributed by atoms with E-state index in [1.165, 1.54) is 12.8 Å². The number of nitrogens with zero attached hydrogens (tertiary/aromatic N) is 1. The van der Waals surface area contributed by atoms with E-state index in [-0.39, 0.29) is 24.2 Å². The van der Waals surface area contributed by atoms with E-state index in [0.29, 0.717) is 12.5 Å². The van der Waals surface area contributed by atoms with Gasteiger partial charge in [-0.15, -0.1) is 12.4 Å². The highest BCUT2D eigenvalue weighted by Gasteiger charge is 2.28. The Morgan fingerprint density at radius 2 is 2.06 bits per heavy atom. The van der Waals surface area contributed by atoms with E-state index in [9.17, 15) is 4.79 Å². The van der Waals surface area contributed by atoms with Gasteiger partial charge in [-0.2, -0.15) is 0 Å². The minimum absolute atomic E-state index is 0. The van der Waals surface area contributed by atoms with Crippen LogP contribution in [0.15, 0.2) is 0 Å². The molecule has 0 aromatic rings. The van der Waals surface area contributed by atoms with Crippen LogP contribution in [-0.4, -0.2) is 30.4 Å². The number of hydrogen-bond acceptors (Lipinski definition) is 2. The second-order valence-corrected chi connectivity index (χ2v) is 5.21. The number of hydrogen-bond donors (Lipinski definition) is 1. The molecule has 2 atom stereocenters. The smallest absolute Gasteiger partial charge is 0.226 e. The predicted octanol–water partition coefficient (Wildman–Crippen LogP) is 1.90. The van der Waals surface area contributed by atoms with E-state index < -0.39 is 0 Å². The zero-order valence-electron chi connectivity index (χ0n) is 10.6. The first-order valence-electron chi connectivity index (χ1n) is 6.03. The molecule has 1 fully saturated rings. The molecule has 1 aliphatic rings. The molecule has 3 nitrogen and oxygen atoms in total. The molecule has 1 aliphatic heterocycles. The van der Waals surface area contributed by atoms with Gasteiger partial charge in [0, 0.05) is 25.6 Å². The summed E-state index contributed by atoms with van der Waals surface area (Å²) in [6.45, 7) is 8.74. The third-order valence-corrected chi connectivity index (χ3v) is 3.18. The lowest BCUT2D eigenvalue weighted by Gasteiger charge is -2.20. The van der Waals surface area contributed by atoms with Crippen molar-refractivity contribution in [2.24, 2.45) is 23.5 Å². The average Bonchev–Trinajstić information content (AvgIpc) is 2.63. The van der Waals surface area contributed by atoms with E-state index in [1.54, 1.807) is 0 Å². The molecule has 0 aromatic carbocycles. The maximum absolute atomic E-state index is 11.9. The summed E-state index contributed by atoms with van der Waals surface area (Å²) in [6, 6.07) is 0. The second kappa shape index (κ2) is 7.13. The van der Waals surface area contributed by atoms with Crippen LogP contribution in [0.1, 0.15) is 33.6 Å². The summed E-state index contributed by atoms with van der Waals surface area (Å²) in [5.41, 5.74) is 5.51. The van der Waals surface area contributed by atoms with E-state index in [1.807, 2.05) is 11.8 Å². The highest BCUT2D eigenvalue weighted by Crippen LogP contribution is 2.24. The SMILES string of the molecule is CC(C)CC1CCN(C(=O)C(C)CN)C1.Cl. The lowest BCUT2D eigenvalue weighted by atomic mass is 9.97. The molecule has 1 saturated heterocycles. The maximum atomic E-state index is 11.9. The monoisotopic (exact) mass is 248 g/mol. The van der Waals surface area contributed by atoms with Gasteiger partial charge in [0.15, 0.2) is 0 Å². The quantitative estimate of drug-likeness (QED) is 0.826. The molecular weight excluding hydrogens is 224 g/mol. The summed E-state index contributed by atoms with van der Waals surface area (Å²) < 4.78 is 0. The van der Waals surface area contributed by atoms with Gasteiger partial charge in [-0.1, -0.05) is 20.8 Å². The van der Waals surface area contributed by atoms with Crippen LogP contribution in [0.5, 0.6) is 0 Å². The Hall–Kier alpha value is -0.280. The van der Waals surface area contributed by atoms with Crippen LogP contribution >= 0.6 is 12.4 Å². The fourth-order valence-corrected chi connectivity index (χ4v) is 2.30. The van der Waals surface area contributed by atoms with Gasteiger partial charge in [-0.25, -0.2) is 0 Å². The van der Waals surface area contributed by atoms with Crippen molar-refractivity contribution in [2.45, 2.75) is 33.6 Å². The molecule has 0 spiro atoms. The molecule has 0 saturated carbocycles. The topological polar surface area (TPSA) is 46.3 Å². The Morgan fingerprint density at radius 3 is 2.56 bits per heavy atom. The minimum Gasteiger partial charge on any atom is -0.342 e. The Bertz CT molecular complexity index is 221. The maximum Gasteiger partial charge on any atom is 0.226 e. The highest BCUT2D eigenvalue weighted by atomic mass is 35.5. The van der Waals surface area contributed by atoms with Crippen molar-refractivity contribution in [3.63, 3.8) is 0 Å².